The van der Waals surface area contributed by atoms with E-state index in [-0.39, 0.29) is 5.92 Å². The number of anilines is 1. The monoisotopic (exact) mass is 421 g/mol. The Hall–Kier alpha value is -2.29. The second-order valence-electron chi connectivity index (χ2n) is 6.83. The fourth-order valence-electron chi connectivity index (χ4n) is 3.16. The Bertz CT molecular complexity index is 1080. The molecule has 28 heavy (non-hydrogen) atoms. The van der Waals surface area contributed by atoms with Crippen LogP contribution in [0.3, 0.4) is 0 Å². The number of sulfonamides is 1. The van der Waals surface area contributed by atoms with E-state index in [4.69, 9.17) is 20.8 Å². The van der Waals surface area contributed by atoms with E-state index in [2.05, 4.69) is 10.3 Å². The van der Waals surface area contributed by atoms with Crippen LogP contribution in [0.25, 0.3) is 10.9 Å². The number of halogens is 1. The van der Waals surface area contributed by atoms with Gasteiger partial charge in [0.1, 0.15) is 22.2 Å². The number of hydrogen-bond donors (Lipinski definition) is 1. The molecule has 0 radical (unpaired) electrons. The zero-order valence-corrected chi connectivity index (χ0v) is 16.8. The lowest BCUT2D eigenvalue weighted by Crippen LogP contribution is -2.51. The Morgan fingerprint density at radius 2 is 2.14 bits per heavy atom. The normalized spacial score (nSPS) is 15.5. The third-order valence-corrected chi connectivity index (χ3v) is 6.10. The third kappa shape index (κ3) is 4.09. The smallest absolute Gasteiger partial charge is 0.211 e. The van der Waals surface area contributed by atoms with Crippen molar-refractivity contribution >= 4 is 38.2 Å². The lowest BCUT2D eigenvalue weighted by molar-refractivity contribution is 0.131. The maximum absolute atomic E-state index is 11.5. The Morgan fingerprint density at radius 3 is 2.86 bits per heavy atom. The summed E-state index contributed by atoms with van der Waals surface area (Å²) in [6.07, 6.45) is 2.85. The van der Waals surface area contributed by atoms with Gasteiger partial charge in [-0.25, -0.2) is 17.7 Å². The fourth-order valence-corrected chi connectivity index (χ4v) is 4.31. The number of hydrogen-bond acceptors (Lipinski definition) is 6. The highest BCUT2D eigenvalue weighted by atomic mass is 35.5. The van der Waals surface area contributed by atoms with Crippen LogP contribution in [-0.2, 0) is 16.6 Å². The van der Waals surface area contributed by atoms with E-state index in [1.54, 1.807) is 12.3 Å². The summed E-state index contributed by atoms with van der Waals surface area (Å²) in [6.45, 7) is 1.91. The van der Waals surface area contributed by atoms with Crippen molar-refractivity contribution in [2.45, 2.75) is 6.54 Å². The van der Waals surface area contributed by atoms with Gasteiger partial charge in [-0.3, -0.25) is 0 Å². The Morgan fingerprint density at radius 1 is 1.32 bits per heavy atom. The molecule has 7 nitrogen and oxygen atoms in total. The first-order valence-electron chi connectivity index (χ1n) is 8.83. The summed E-state index contributed by atoms with van der Waals surface area (Å²) in [5, 5.41) is 4.57. The molecule has 0 amide bonds. The average molecular weight is 422 g/mol. The second-order valence-corrected chi connectivity index (χ2v) is 9.20. The van der Waals surface area contributed by atoms with Gasteiger partial charge in [-0.05, 0) is 24.3 Å². The van der Waals surface area contributed by atoms with Gasteiger partial charge >= 0.3 is 0 Å². The van der Waals surface area contributed by atoms with Gasteiger partial charge in [0.2, 0.25) is 10.0 Å². The lowest BCUT2D eigenvalue weighted by atomic mass is 10.1. The summed E-state index contributed by atoms with van der Waals surface area (Å²) in [4.78, 5) is 4.43. The number of fused-ring (bicyclic) bond motifs is 1. The van der Waals surface area contributed by atoms with E-state index in [0.29, 0.717) is 42.7 Å². The number of nitrogens with zero attached hydrogens (tertiary/aromatic N) is 2. The van der Waals surface area contributed by atoms with E-state index in [0.717, 1.165) is 16.8 Å². The first-order chi connectivity index (χ1) is 13.4. The molecule has 3 aromatic rings. The SMILES string of the molecule is CS(=O)(=O)N1CC(COc2cccc3c(NCc4ccco4)cc(Cl)nc23)C1. The molecule has 3 heterocycles. The van der Waals surface area contributed by atoms with Gasteiger partial charge in [-0.2, -0.15) is 0 Å². The topological polar surface area (TPSA) is 84.7 Å². The highest BCUT2D eigenvalue weighted by Crippen LogP contribution is 2.32. The quantitative estimate of drug-likeness (QED) is 0.589. The van der Waals surface area contributed by atoms with Gasteiger partial charge in [0.25, 0.3) is 0 Å². The standard InChI is InChI=1S/C19H20ClN3O4S/c1-28(24,25)23-10-13(11-23)12-27-17-6-2-5-15-16(8-18(20)22-19(15)17)21-9-14-4-3-7-26-14/h2-8,13H,9-12H2,1H3,(H,21,22). The minimum atomic E-state index is -3.12. The van der Waals surface area contributed by atoms with Crippen molar-refractivity contribution < 1.29 is 17.6 Å². The molecule has 0 atom stereocenters. The van der Waals surface area contributed by atoms with Gasteiger partial charge < -0.3 is 14.5 Å². The van der Waals surface area contributed by atoms with Crippen LogP contribution in [0.4, 0.5) is 5.69 Å². The number of aromatic nitrogens is 1. The first-order valence-corrected chi connectivity index (χ1v) is 11.1. The van der Waals surface area contributed by atoms with Crippen molar-refractivity contribution in [3.63, 3.8) is 0 Å². The van der Waals surface area contributed by atoms with Crippen LogP contribution in [0.1, 0.15) is 5.76 Å². The molecule has 2 aromatic heterocycles. The average Bonchev–Trinajstić information content (AvgIpc) is 3.11. The first kappa shape index (κ1) is 19.0. The van der Waals surface area contributed by atoms with Crippen molar-refractivity contribution in [1.82, 2.24) is 9.29 Å². The van der Waals surface area contributed by atoms with Crippen molar-refractivity contribution in [3.8, 4) is 5.75 Å². The summed E-state index contributed by atoms with van der Waals surface area (Å²) < 4.78 is 35.7. The lowest BCUT2D eigenvalue weighted by Gasteiger charge is -2.36. The minimum absolute atomic E-state index is 0.167. The minimum Gasteiger partial charge on any atom is -0.491 e. The number of para-hydroxylation sites is 1. The molecule has 1 N–H and O–H groups in total. The van der Waals surface area contributed by atoms with Gasteiger partial charge in [-0.15, -0.1) is 0 Å². The molecule has 9 heteroatoms. The van der Waals surface area contributed by atoms with Gasteiger partial charge in [0.15, 0.2) is 0 Å². The van der Waals surface area contributed by atoms with Crippen LogP contribution in [0.15, 0.2) is 47.1 Å². The third-order valence-electron chi connectivity index (χ3n) is 4.67. The van der Waals surface area contributed by atoms with Gasteiger partial charge in [0, 0.05) is 30.1 Å². The molecule has 0 bridgehead atoms. The predicted molar refractivity (Wildman–Crippen MR) is 108 cm³/mol. The van der Waals surface area contributed by atoms with Crippen LogP contribution in [0.5, 0.6) is 5.75 Å². The molecule has 1 aliphatic rings. The number of pyridine rings is 1. The zero-order chi connectivity index (χ0) is 19.7. The number of benzene rings is 1. The fraction of sp³-hybridized carbons (Fsp3) is 0.316. The van der Waals surface area contributed by atoms with Crippen molar-refractivity contribution in [3.05, 3.63) is 53.6 Å². The zero-order valence-electron chi connectivity index (χ0n) is 15.3. The van der Waals surface area contributed by atoms with E-state index < -0.39 is 10.0 Å². The molecule has 1 saturated heterocycles. The van der Waals surface area contributed by atoms with Crippen molar-refractivity contribution in [2.75, 3.05) is 31.3 Å². The number of furan rings is 1. The molecule has 148 valence electrons. The van der Waals surface area contributed by atoms with Crippen molar-refractivity contribution in [2.24, 2.45) is 5.92 Å². The predicted octanol–water partition coefficient (Wildman–Crippen LogP) is 3.36. The summed E-state index contributed by atoms with van der Waals surface area (Å²) >= 11 is 6.22. The molecule has 0 saturated carbocycles. The molecule has 1 fully saturated rings. The van der Waals surface area contributed by atoms with Crippen LogP contribution < -0.4 is 10.1 Å². The van der Waals surface area contributed by atoms with E-state index in [1.165, 1.54) is 10.6 Å². The number of rotatable bonds is 7. The van der Waals surface area contributed by atoms with Crippen LogP contribution in [0, 0.1) is 5.92 Å². The molecule has 0 unspecified atom stereocenters. The Balaban J connectivity index is 1.50. The Labute approximate surface area is 168 Å². The number of nitrogens with one attached hydrogen (secondary N) is 1. The van der Waals surface area contributed by atoms with E-state index in [1.807, 2.05) is 30.3 Å². The van der Waals surface area contributed by atoms with E-state index in [9.17, 15) is 8.42 Å². The van der Waals surface area contributed by atoms with Crippen molar-refractivity contribution in [1.29, 1.82) is 0 Å². The molecule has 4 rings (SSSR count). The second kappa shape index (κ2) is 7.62. The molecular formula is C19H20ClN3O4S. The molecule has 1 aliphatic heterocycles. The summed E-state index contributed by atoms with van der Waals surface area (Å²) in [5.41, 5.74) is 1.50. The molecule has 1 aromatic carbocycles. The summed E-state index contributed by atoms with van der Waals surface area (Å²) in [7, 11) is -3.12. The Kier molecular flexibility index (Phi) is 5.18. The number of ether oxygens (including phenoxy) is 1. The maximum atomic E-state index is 11.5. The maximum Gasteiger partial charge on any atom is 0.211 e. The molecular weight excluding hydrogens is 402 g/mol. The summed E-state index contributed by atoms with van der Waals surface area (Å²) in [5.74, 6) is 1.61. The van der Waals surface area contributed by atoms with Gasteiger partial charge in [-0.1, -0.05) is 23.7 Å². The van der Waals surface area contributed by atoms with Crippen LogP contribution in [0.2, 0.25) is 5.15 Å². The highest BCUT2D eigenvalue weighted by molar-refractivity contribution is 7.88. The molecule has 0 spiro atoms. The highest BCUT2D eigenvalue weighted by Gasteiger charge is 2.33. The van der Waals surface area contributed by atoms with Crippen LogP contribution >= 0.6 is 11.6 Å². The van der Waals surface area contributed by atoms with E-state index >= 15 is 0 Å². The molecule has 0 aliphatic carbocycles. The largest absolute Gasteiger partial charge is 0.491 e. The summed E-state index contributed by atoms with van der Waals surface area (Å²) in [6, 6.07) is 11.2. The van der Waals surface area contributed by atoms with Crippen LogP contribution in [-0.4, -0.2) is 43.7 Å². The van der Waals surface area contributed by atoms with Gasteiger partial charge in [0.05, 0.1) is 25.7 Å².